The van der Waals surface area contributed by atoms with E-state index in [1.807, 2.05) is 72.8 Å². The molecule has 0 bridgehead atoms. The van der Waals surface area contributed by atoms with Gasteiger partial charge in [-0.25, -0.2) is 0 Å². The number of rotatable bonds is 3. The van der Waals surface area contributed by atoms with E-state index >= 15 is 0 Å². The van der Waals surface area contributed by atoms with Crippen LogP contribution in [-0.2, 0) is 0 Å². The van der Waals surface area contributed by atoms with Gasteiger partial charge in [0.15, 0.2) is 10.9 Å². The maximum atomic E-state index is 13.9. The first-order chi connectivity index (χ1) is 17.7. The third-order valence-electron chi connectivity index (χ3n) is 7.15. The van der Waals surface area contributed by atoms with Crippen LogP contribution in [0.3, 0.4) is 0 Å². The molecule has 0 radical (unpaired) electrons. The van der Waals surface area contributed by atoms with E-state index < -0.39 is 0 Å². The lowest BCUT2D eigenvalue weighted by Gasteiger charge is -2.21. The van der Waals surface area contributed by atoms with Crippen molar-refractivity contribution in [1.29, 1.82) is 0 Å². The molecule has 0 atom stereocenters. The molecule has 0 saturated heterocycles. The SMILES string of the molecule is O=c1cc2c(-c3ccccc3)c(-c3ccccc3)c(-c3ccccc3)c3c(=O)cc4cccc1c4=c23. The smallest absolute Gasteiger partial charge is 0.187 e. The third-order valence-corrected chi connectivity index (χ3v) is 7.15. The molecule has 0 N–H and O–H groups in total. The molecule has 0 spiro atoms. The summed E-state index contributed by atoms with van der Waals surface area (Å²) >= 11 is 0. The van der Waals surface area contributed by atoms with Crippen molar-refractivity contribution in [2.45, 2.75) is 0 Å². The van der Waals surface area contributed by atoms with E-state index in [1.54, 1.807) is 12.1 Å². The van der Waals surface area contributed by atoms with Crippen LogP contribution in [0.5, 0.6) is 0 Å². The standard InChI is InChI=1S/C34H20O2/c35-27-20-26-29(21-11-4-1-5-12-21)31(22-13-6-2-7-14-22)32(23-15-8-3-9-16-23)34-28(36)19-24-17-10-18-25(27)30(24)33(26)34/h1-20H. The van der Waals surface area contributed by atoms with Crippen LogP contribution in [0.4, 0.5) is 0 Å². The van der Waals surface area contributed by atoms with Gasteiger partial charge in [-0.05, 0) is 50.7 Å². The third kappa shape index (κ3) is 2.91. The van der Waals surface area contributed by atoms with E-state index in [2.05, 4.69) is 36.4 Å². The molecule has 0 aliphatic heterocycles. The summed E-state index contributed by atoms with van der Waals surface area (Å²) in [5.41, 5.74) is 5.78. The molecule has 5 aromatic rings. The van der Waals surface area contributed by atoms with Gasteiger partial charge in [0.25, 0.3) is 0 Å². The van der Waals surface area contributed by atoms with Crippen molar-refractivity contribution < 1.29 is 0 Å². The van der Waals surface area contributed by atoms with Crippen molar-refractivity contribution in [2.75, 3.05) is 0 Å². The van der Waals surface area contributed by atoms with Gasteiger partial charge in [0.05, 0.1) is 0 Å². The Bertz CT molecular complexity index is 2050. The number of hydrogen-bond acceptors (Lipinski definition) is 2. The van der Waals surface area contributed by atoms with Gasteiger partial charge in [-0.15, -0.1) is 0 Å². The first-order valence-electron chi connectivity index (χ1n) is 12.0. The van der Waals surface area contributed by atoms with Gasteiger partial charge < -0.3 is 0 Å². The molecule has 0 unspecified atom stereocenters. The fraction of sp³-hybridized carbons (Fsp3) is 0. The quantitative estimate of drug-likeness (QED) is 0.277. The highest BCUT2D eigenvalue weighted by Gasteiger charge is 2.24. The second-order valence-corrected chi connectivity index (χ2v) is 9.17. The van der Waals surface area contributed by atoms with Crippen molar-refractivity contribution in [3.63, 3.8) is 0 Å². The summed E-state index contributed by atoms with van der Waals surface area (Å²) in [4.78, 5) is 27.3. The molecule has 2 heteroatoms. The Morgan fingerprint density at radius 3 is 1.56 bits per heavy atom. The monoisotopic (exact) mass is 460 g/mol. The van der Waals surface area contributed by atoms with Crippen LogP contribution in [0.15, 0.2) is 131 Å². The van der Waals surface area contributed by atoms with Crippen LogP contribution in [0.2, 0.25) is 0 Å². The van der Waals surface area contributed by atoms with Gasteiger partial charge in [-0.3, -0.25) is 9.59 Å². The lowest BCUT2D eigenvalue weighted by atomic mass is 9.80. The second-order valence-electron chi connectivity index (χ2n) is 9.17. The molecular formula is C34H20O2. The van der Waals surface area contributed by atoms with E-state index in [9.17, 15) is 9.59 Å². The van der Waals surface area contributed by atoms with Crippen LogP contribution >= 0.6 is 0 Å². The number of benzene rings is 5. The van der Waals surface area contributed by atoms with E-state index in [0.717, 1.165) is 54.6 Å². The average molecular weight is 461 g/mol. The van der Waals surface area contributed by atoms with Crippen molar-refractivity contribution in [3.05, 3.63) is 152 Å². The molecule has 0 heterocycles. The summed E-state index contributed by atoms with van der Waals surface area (Å²) in [6, 6.07) is 39.5. The van der Waals surface area contributed by atoms with Crippen LogP contribution < -0.4 is 10.9 Å². The van der Waals surface area contributed by atoms with Gasteiger partial charge in [-0.1, -0.05) is 109 Å². The zero-order chi connectivity index (χ0) is 24.2. The largest absolute Gasteiger partial charge is 0.289 e. The molecule has 7 rings (SSSR count). The molecule has 2 aliphatic rings. The lowest BCUT2D eigenvalue weighted by molar-refractivity contribution is 1.50. The van der Waals surface area contributed by atoms with Crippen molar-refractivity contribution in [3.8, 4) is 33.4 Å². The van der Waals surface area contributed by atoms with E-state index in [0.29, 0.717) is 10.8 Å². The first-order valence-corrected chi connectivity index (χ1v) is 12.0. The van der Waals surface area contributed by atoms with Gasteiger partial charge in [-0.2, -0.15) is 0 Å². The van der Waals surface area contributed by atoms with E-state index in [-0.39, 0.29) is 10.9 Å². The predicted octanol–water partition coefficient (Wildman–Crippen LogP) is 7.31. The summed E-state index contributed by atoms with van der Waals surface area (Å²) in [6.45, 7) is 0. The maximum absolute atomic E-state index is 13.9. The molecule has 36 heavy (non-hydrogen) atoms. The minimum atomic E-state index is -0.0331. The molecule has 0 saturated carbocycles. The molecule has 0 fully saturated rings. The normalized spacial score (nSPS) is 11.6. The minimum Gasteiger partial charge on any atom is -0.289 e. The Morgan fingerprint density at radius 2 is 0.944 bits per heavy atom. The molecule has 5 aromatic carbocycles. The summed E-state index contributed by atoms with van der Waals surface area (Å²) < 4.78 is 0. The topological polar surface area (TPSA) is 34.1 Å². The Hall–Kier alpha value is -4.82. The first kappa shape index (κ1) is 20.5. The van der Waals surface area contributed by atoms with Gasteiger partial charge in [0.2, 0.25) is 0 Å². The molecule has 0 aromatic heterocycles. The summed E-state index contributed by atoms with van der Waals surface area (Å²) in [5.74, 6) is 0. The van der Waals surface area contributed by atoms with Crippen LogP contribution in [0.25, 0.3) is 54.9 Å². The molecule has 0 amide bonds. The van der Waals surface area contributed by atoms with Gasteiger partial charge in [0.1, 0.15) is 0 Å². The van der Waals surface area contributed by atoms with Crippen LogP contribution in [0.1, 0.15) is 0 Å². The van der Waals surface area contributed by atoms with Gasteiger partial charge in [0, 0.05) is 26.8 Å². The van der Waals surface area contributed by atoms with Gasteiger partial charge >= 0.3 is 0 Å². The summed E-state index contributed by atoms with van der Waals surface area (Å²) in [5, 5.41) is 4.67. The lowest BCUT2D eigenvalue weighted by Crippen LogP contribution is -2.11. The fourth-order valence-electron chi connectivity index (χ4n) is 5.71. The Morgan fingerprint density at radius 1 is 0.389 bits per heavy atom. The molecule has 2 nitrogen and oxygen atoms in total. The van der Waals surface area contributed by atoms with Crippen molar-refractivity contribution in [2.24, 2.45) is 0 Å². The van der Waals surface area contributed by atoms with E-state index in [1.165, 1.54) is 0 Å². The van der Waals surface area contributed by atoms with Crippen LogP contribution in [-0.4, -0.2) is 0 Å². The average Bonchev–Trinajstić information content (AvgIpc) is 2.93. The summed E-state index contributed by atoms with van der Waals surface area (Å²) in [6.07, 6.45) is 0. The van der Waals surface area contributed by atoms with E-state index in [4.69, 9.17) is 0 Å². The highest BCUT2D eigenvalue weighted by Crippen LogP contribution is 2.46. The maximum Gasteiger partial charge on any atom is 0.187 e. The van der Waals surface area contributed by atoms with Crippen molar-refractivity contribution in [1.82, 2.24) is 0 Å². The fourth-order valence-corrected chi connectivity index (χ4v) is 5.71. The predicted molar refractivity (Wildman–Crippen MR) is 148 cm³/mol. The zero-order valence-electron chi connectivity index (χ0n) is 19.4. The zero-order valence-corrected chi connectivity index (χ0v) is 19.4. The Balaban J connectivity index is 1.90. The van der Waals surface area contributed by atoms with Crippen LogP contribution in [0, 0.1) is 10.4 Å². The van der Waals surface area contributed by atoms with Crippen molar-refractivity contribution >= 4 is 21.5 Å². The highest BCUT2D eigenvalue weighted by atomic mass is 16.1. The minimum absolute atomic E-state index is 0.0308. The molecule has 168 valence electrons. The highest BCUT2D eigenvalue weighted by molar-refractivity contribution is 6.10. The molecule has 2 aliphatic carbocycles. The Labute approximate surface area is 207 Å². The Kier molecular flexibility index (Phi) is 4.49. The second kappa shape index (κ2) is 7.86. The number of hydrogen-bond donors (Lipinski definition) is 0. The molecular weight excluding hydrogens is 440 g/mol. The summed E-state index contributed by atoms with van der Waals surface area (Å²) in [7, 11) is 0.